The number of hydrogen-bond donors (Lipinski definition) is 0. The van der Waals surface area contributed by atoms with E-state index in [1.807, 2.05) is 26.8 Å². The van der Waals surface area contributed by atoms with Crippen molar-refractivity contribution in [3.63, 3.8) is 0 Å². The van der Waals surface area contributed by atoms with Gasteiger partial charge >= 0.3 is 0 Å². The molecule has 0 unspecified atom stereocenters. The van der Waals surface area contributed by atoms with Crippen LogP contribution in [-0.2, 0) is 0 Å². The number of benzene rings is 1. The molecule has 0 fully saturated rings. The third-order valence-corrected chi connectivity index (χ3v) is 2.22. The van der Waals surface area contributed by atoms with Crippen LogP contribution < -0.4 is 0 Å². The number of rotatable bonds is 1. The minimum atomic E-state index is 0.796. The summed E-state index contributed by atoms with van der Waals surface area (Å²) in [6, 6.07) is 6.12. The highest BCUT2D eigenvalue weighted by Gasteiger charge is 2.02. The average Bonchev–Trinajstić information content (AvgIpc) is 2.72. The molecule has 2 rings (SSSR count). The summed E-state index contributed by atoms with van der Waals surface area (Å²) < 4.78 is 6.25. The Morgan fingerprint density at radius 3 is 2.47 bits per heavy atom. The van der Waals surface area contributed by atoms with Crippen LogP contribution in [-0.4, -0.2) is 4.98 Å². The normalized spacial score (nSPS) is 9.33. The van der Waals surface area contributed by atoms with E-state index in [-0.39, 0.29) is 0 Å². The van der Waals surface area contributed by atoms with E-state index in [1.165, 1.54) is 12.0 Å². The second-order valence-electron chi connectivity index (χ2n) is 2.88. The van der Waals surface area contributed by atoms with Crippen LogP contribution in [0.1, 0.15) is 19.4 Å². The largest absolute Gasteiger partial charge is 0.444 e. The topological polar surface area (TPSA) is 26.0 Å². The Bertz CT molecular complexity index is 389. The van der Waals surface area contributed by atoms with Gasteiger partial charge in [0, 0.05) is 10.0 Å². The fourth-order valence-electron chi connectivity index (χ4n) is 1.24. The molecule has 2 aromatic rings. The number of halogens is 1. The molecule has 0 bridgehead atoms. The molecule has 1 aromatic carbocycles. The van der Waals surface area contributed by atoms with Gasteiger partial charge in [-0.25, -0.2) is 4.98 Å². The third-order valence-electron chi connectivity index (χ3n) is 1.76. The van der Waals surface area contributed by atoms with Crippen molar-refractivity contribution in [2.24, 2.45) is 0 Å². The highest BCUT2D eigenvalue weighted by atomic mass is 79.9. The summed E-state index contributed by atoms with van der Waals surface area (Å²) in [6.07, 6.45) is 3.15. The van der Waals surface area contributed by atoms with Gasteiger partial charge in [-0.3, -0.25) is 0 Å². The first-order chi connectivity index (χ1) is 7.25. The second-order valence-corrected chi connectivity index (χ2v) is 3.80. The summed E-state index contributed by atoms with van der Waals surface area (Å²) in [5.74, 6) is 0.796. The molecule has 15 heavy (non-hydrogen) atoms. The lowest BCUT2D eigenvalue weighted by atomic mass is 10.1. The second kappa shape index (κ2) is 5.71. The molecule has 1 heterocycles. The Hall–Kier alpha value is -1.09. The van der Waals surface area contributed by atoms with Crippen molar-refractivity contribution in [3.05, 3.63) is 40.8 Å². The van der Waals surface area contributed by atoms with Crippen molar-refractivity contribution in [3.8, 4) is 11.3 Å². The third kappa shape index (κ3) is 3.20. The first-order valence-electron chi connectivity index (χ1n) is 4.92. The molecule has 0 radical (unpaired) electrons. The number of hydrogen-bond acceptors (Lipinski definition) is 2. The molecule has 0 aliphatic carbocycles. The van der Waals surface area contributed by atoms with Crippen LogP contribution in [0.25, 0.3) is 11.3 Å². The van der Waals surface area contributed by atoms with Gasteiger partial charge in [0.2, 0.25) is 0 Å². The smallest absolute Gasteiger partial charge is 0.181 e. The zero-order valence-corrected chi connectivity index (χ0v) is 10.7. The van der Waals surface area contributed by atoms with E-state index in [4.69, 9.17) is 4.42 Å². The van der Waals surface area contributed by atoms with Gasteiger partial charge in [0.1, 0.15) is 0 Å². The Morgan fingerprint density at radius 1 is 1.20 bits per heavy atom. The number of oxazole rings is 1. The lowest BCUT2D eigenvalue weighted by molar-refractivity contribution is 0.572. The van der Waals surface area contributed by atoms with Crippen molar-refractivity contribution in [2.75, 3.05) is 0 Å². The van der Waals surface area contributed by atoms with Gasteiger partial charge < -0.3 is 4.42 Å². The Balaban J connectivity index is 0.000000531. The van der Waals surface area contributed by atoms with Gasteiger partial charge in [-0.15, -0.1) is 0 Å². The molecule has 1 aromatic heterocycles. The molecule has 0 aliphatic rings. The summed E-state index contributed by atoms with van der Waals surface area (Å²) >= 11 is 3.44. The molecule has 0 atom stereocenters. The number of aromatic nitrogens is 1. The summed E-state index contributed by atoms with van der Waals surface area (Å²) in [7, 11) is 0. The van der Waals surface area contributed by atoms with E-state index in [0.717, 1.165) is 15.8 Å². The predicted molar refractivity (Wildman–Crippen MR) is 65.7 cm³/mol. The lowest BCUT2D eigenvalue weighted by Gasteiger charge is -1.99. The van der Waals surface area contributed by atoms with Crippen molar-refractivity contribution in [1.82, 2.24) is 4.98 Å². The fourth-order valence-corrected chi connectivity index (χ4v) is 1.84. The Labute approximate surface area is 98.5 Å². The lowest BCUT2D eigenvalue weighted by Crippen LogP contribution is -1.77. The highest BCUT2D eigenvalue weighted by molar-refractivity contribution is 9.10. The fraction of sp³-hybridized carbons (Fsp3) is 0.250. The summed E-state index contributed by atoms with van der Waals surface area (Å²) in [5, 5.41) is 0. The number of nitrogens with zero attached hydrogens (tertiary/aromatic N) is 1. The molecule has 80 valence electrons. The minimum absolute atomic E-state index is 0.796. The van der Waals surface area contributed by atoms with E-state index in [1.54, 1.807) is 6.20 Å². The van der Waals surface area contributed by atoms with E-state index >= 15 is 0 Å². The van der Waals surface area contributed by atoms with Crippen molar-refractivity contribution >= 4 is 15.9 Å². The van der Waals surface area contributed by atoms with E-state index in [9.17, 15) is 0 Å². The summed E-state index contributed by atoms with van der Waals surface area (Å²) in [6.45, 7) is 6.05. The van der Waals surface area contributed by atoms with Gasteiger partial charge in [-0.2, -0.15) is 0 Å². The maximum absolute atomic E-state index is 5.20. The zero-order chi connectivity index (χ0) is 11.3. The Kier molecular flexibility index (Phi) is 4.56. The molecular weight excluding hydrogens is 254 g/mol. The molecule has 3 heteroatoms. The number of aryl methyl sites for hydroxylation is 1. The predicted octanol–water partition coefficient (Wildman–Crippen LogP) is 4.44. The van der Waals surface area contributed by atoms with Gasteiger partial charge in [0.25, 0.3) is 0 Å². The molecule has 2 nitrogen and oxygen atoms in total. The average molecular weight is 268 g/mol. The molecule has 0 aliphatic heterocycles. The van der Waals surface area contributed by atoms with Gasteiger partial charge in [-0.05, 0) is 30.7 Å². The molecule has 0 saturated carbocycles. The van der Waals surface area contributed by atoms with Crippen molar-refractivity contribution in [1.29, 1.82) is 0 Å². The summed E-state index contributed by atoms with van der Waals surface area (Å²) in [5.41, 5.74) is 2.24. The maximum atomic E-state index is 5.20. The minimum Gasteiger partial charge on any atom is -0.444 e. The van der Waals surface area contributed by atoms with Crippen LogP contribution in [0.2, 0.25) is 0 Å². The molecule has 0 amide bonds. The van der Waals surface area contributed by atoms with Crippen molar-refractivity contribution in [2.45, 2.75) is 20.8 Å². The molecule has 0 spiro atoms. The maximum Gasteiger partial charge on any atom is 0.181 e. The SMILES string of the molecule is CC.Cc1cc(Br)cc(-c2cnco2)c1. The standard InChI is InChI=1S/C10H8BrNO.C2H6/c1-7-2-8(4-9(11)3-7)10-5-12-6-13-10;1-2/h2-6H,1H3;1-2H3. The molecular formula is C12H14BrNO. The van der Waals surface area contributed by atoms with Crippen LogP contribution >= 0.6 is 15.9 Å². The zero-order valence-electron chi connectivity index (χ0n) is 9.12. The highest BCUT2D eigenvalue weighted by Crippen LogP contribution is 2.24. The first kappa shape index (κ1) is 12.0. The van der Waals surface area contributed by atoms with Crippen LogP contribution in [0.4, 0.5) is 0 Å². The van der Waals surface area contributed by atoms with Crippen molar-refractivity contribution < 1.29 is 4.42 Å². The van der Waals surface area contributed by atoms with Gasteiger partial charge in [0.15, 0.2) is 12.2 Å². The van der Waals surface area contributed by atoms with Gasteiger partial charge in [0.05, 0.1) is 6.20 Å². The first-order valence-corrected chi connectivity index (χ1v) is 5.71. The van der Waals surface area contributed by atoms with E-state index < -0.39 is 0 Å². The van der Waals surface area contributed by atoms with Crippen LogP contribution in [0.15, 0.2) is 39.7 Å². The quantitative estimate of drug-likeness (QED) is 0.764. The Morgan fingerprint density at radius 2 is 1.93 bits per heavy atom. The van der Waals surface area contributed by atoms with Crippen LogP contribution in [0.5, 0.6) is 0 Å². The van der Waals surface area contributed by atoms with Gasteiger partial charge in [-0.1, -0.05) is 29.8 Å². The summed E-state index contributed by atoms with van der Waals surface area (Å²) in [4.78, 5) is 3.88. The molecule has 0 N–H and O–H groups in total. The molecule has 0 saturated heterocycles. The monoisotopic (exact) mass is 267 g/mol. The van der Waals surface area contributed by atoms with Crippen LogP contribution in [0.3, 0.4) is 0 Å². The van der Waals surface area contributed by atoms with E-state index in [0.29, 0.717) is 0 Å². The van der Waals surface area contributed by atoms with E-state index in [2.05, 4.69) is 33.0 Å². The van der Waals surface area contributed by atoms with Crippen LogP contribution in [0, 0.1) is 6.92 Å².